The lowest BCUT2D eigenvalue weighted by molar-refractivity contribution is 0.101. The van der Waals surface area contributed by atoms with Gasteiger partial charge in [-0.15, -0.1) is 0 Å². The lowest BCUT2D eigenvalue weighted by atomic mass is 10.1. The summed E-state index contributed by atoms with van der Waals surface area (Å²) < 4.78 is 10.1. The number of nitrogens with zero attached hydrogens (tertiary/aromatic N) is 1. The number of ether oxygens (including phenoxy) is 2. The zero-order valence-electron chi connectivity index (χ0n) is 8.83. The minimum Gasteiger partial charge on any atom is -0.494 e. The van der Waals surface area contributed by atoms with Crippen molar-refractivity contribution >= 4 is 11.5 Å². The average molecular weight is 205 g/mol. The Hall–Kier alpha value is -2.02. The smallest absolute Gasteiger partial charge is 0.201 e. The molecular formula is C11H11NO3. The molecule has 0 aromatic heterocycles. The lowest BCUT2D eigenvalue weighted by Gasteiger charge is -2.09. The molecule has 0 amide bonds. The number of methoxy groups -OCH3 is 2. The topological polar surface area (TPSA) is 39.9 Å². The third kappa shape index (κ3) is 2.08. The van der Waals surface area contributed by atoms with Gasteiger partial charge in [0.2, 0.25) is 5.69 Å². The second kappa shape index (κ2) is 4.47. The summed E-state index contributed by atoms with van der Waals surface area (Å²) in [5.41, 5.74) is 0.628. The van der Waals surface area contributed by atoms with Crippen molar-refractivity contribution in [3.8, 4) is 11.5 Å². The molecule has 0 N–H and O–H groups in total. The van der Waals surface area contributed by atoms with E-state index in [4.69, 9.17) is 16.0 Å². The second-order valence-corrected chi connectivity index (χ2v) is 2.89. The molecule has 1 aromatic rings. The Bertz CT molecular complexity index is 432. The quantitative estimate of drug-likeness (QED) is 0.562. The highest BCUT2D eigenvalue weighted by Gasteiger charge is 2.13. The van der Waals surface area contributed by atoms with Crippen molar-refractivity contribution in [2.24, 2.45) is 0 Å². The Morgan fingerprint density at radius 1 is 1.27 bits per heavy atom. The van der Waals surface area contributed by atoms with Gasteiger partial charge in [-0.25, -0.2) is 4.85 Å². The Morgan fingerprint density at radius 2 is 1.80 bits per heavy atom. The van der Waals surface area contributed by atoms with Gasteiger partial charge < -0.3 is 9.47 Å². The first-order valence-electron chi connectivity index (χ1n) is 4.28. The molecule has 0 spiro atoms. The predicted octanol–water partition coefficient (Wildman–Crippen LogP) is 2.46. The van der Waals surface area contributed by atoms with Crippen LogP contribution in [0.25, 0.3) is 4.85 Å². The zero-order chi connectivity index (χ0) is 11.4. The molecule has 1 aromatic carbocycles. The van der Waals surface area contributed by atoms with E-state index in [1.807, 2.05) is 0 Å². The van der Waals surface area contributed by atoms with Gasteiger partial charge in [0.1, 0.15) is 11.5 Å². The predicted molar refractivity (Wildman–Crippen MR) is 55.8 cm³/mol. The van der Waals surface area contributed by atoms with Crippen LogP contribution in [0.2, 0.25) is 0 Å². The highest BCUT2D eigenvalue weighted by Crippen LogP contribution is 2.34. The van der Waals surface area contributed by atoms with E-state index in [2.05, 4.69) is 4.85 Å². The van der Waals surface area contributed by atoms with Crippen LogP contribution in [0.15, 0.2) is 12.1 Å². The van der Waals surface area contributed by atoms with Gasteiger partial charge >= 0.3 is 0 Å². The number of benzene rings is 1. The van der Waals surface area contributed by atoms with Crippen LogP contribution < -0.4 is 9.47 Å². The Morgan fingerprint density at radius 3 is 2.20 bits per heavy atom. The fraction of sp³-hybridized carbons (Fsp3) is 0.273. The summed E-state index contributed by atoms with van der Waals surface area (Å²) in [6, 6.07) is 3.02. The van der Waals surface area contributed by atoms with E-state index in [0.717, 1.165) is 0 Å². The van der Waals surface area contributed by atoms with Gasteiger partial charge in [-0.05, 0) is 19.1 Å². The van der Waals surface area contributed by atoms with Crippen LogP contribution in [0.4, 0.5) is 5.69 Å². The van der Waals surface area contributed by atoms with Gasteiger partial charge in [0, 0.05) is 5.56 Å². The van der Waals surface area contributed by atoms with Crippen molar-refractivity contribution in [3.63, 3.8) is 0 Å². The third-order valence-electron chi connectivity index (χ3n) is 2.00. The summed E-state index contributed by atoms with van der Waals surface area (Å²) in [7, 11) is 2.97. The van der Waals surface area contributed by atoms with Crippen LogP contribution in [-0.2, 0) is 0 Å². The minimum atomic E-state index is -0.165. The molecule has 78 valence electrons. The largest absolute Gasteiger partial charge is 0.494 e. The van der Waals surface area contributed by atoms with Crippen LogP contribution >= 0.6 is 0 Å². The van der Waals surface area contributed by atoms with E-state index < -0.39 is 0 Å². The standard InChI is InChI=1S/C11H11NO3/c1-7(13)8-5-10(14-3)11(15-4)6-9(8)12-2/h5-6H,1,3-4H3. The van der Waals surface area contributed by atoms with E-state index in [9.17, 15) is 4.79 Å². The van der Waals surface area contributed by atoms with E-state index in [0.29, 0.717) is 17.1 Å². The maximum Gasteiger partial charge on any atom is 0.201 e. The van der Waals surface area contributed by atoms with E-state index in [-0.39, 0.29) is 11.5 Å². The summed E-state index contributed by atoms with van der Waals surface area (Å²) in [6.45, 7) is 8.37. The number of Topliss-reactive ketones (excluding diaryl/α,β-unsaturated/α-hetero) is 1. The normalized spacial score (nSPS) is 9.20. The number of hydrogen-bond donors (Lipinski definition) is 0. The molecule has 0 aliphatic heterocycles. The third-order valence-corrected chi connectivity index (χ3v) is 2.00. The molecule has 0 heterocycles. The molecule has 0 saturated heterocycles. The van der Waals surface area contributed by atoms with Crippen LogP contribution in [0.5, 0.6) is 11.5 Å². The van der Waals surface area contributed by atoms with Crippen molar-refractivity contribution in [2.75, 3.05) is 14.2 Å². The first-order chi connectivity index (χ1) is 7.13. The van der Waals surface area contributed by atoms with Crippen molar-refractivity contribution < 1.29 is 14.3 Å². The van der Waals surface area contributed by atoms with Crippen LogP contribution in [0.1, 0.15) is 17.3 Å². The van der Waals surface area contributed by atoms with Gasteiger partial charge in [0.15, 0.2) is 5.75 Å². The van der Waals surface area contributed by atoms with Crippen LogP contribution in [-0.4, -0.2) is 20.0 Å². The maximum absolute atomic E-state index is 11.3. The molecule has 15 heavy (non-hydrogen) atoms. The SMILES string of the molecule is [C-]#[N+]c1cc(OC)c(OC)cc1C(C)=O. The summed E-state index contributed by atoms with van der Waals surface area (Å²) in [4.78, 5) is 14.5. The van der Waals surface area contributed by atoms with Crippen molar-refractivity contribution in [1.29, 1.82) is 0 Å². The number of carbonyl (C=O) groups excluding carboxylic acids is 1. The van der Waals surface area contributed by atoms with Crippen LogP contribution in [0.3, 0.4) is 0 Å². The van der Waals surface area contributed by atoms with E-state index >= 15 is 0 Å². The number of rotatable bonds is 3. The molecule has 0 aliphatic carbocycles. The summed E-state index contributed by atoms with van der Waals surface area (Å²) >= 11 is 0. The number of hydrogen-bond acceptors (Lipinski definition) is 3. The van der Waals surface area contributed by atoms with Gasteiger partial charge in [-0.3, -0.25) is 4.79 Å². The monoisotopic (exact) mass is 205 g/mol. The Kier molecular flexibility index (Phi) is 3.29. The molecule has 0 aliphatic rings. The van der Waals surface area contributed by atoms with Crippen molar-refractivity contribution in [3.05, 3.63) is 29.1 Å². The van der Waals surface area contributed by atoms with Gasteiger partial charge in [-0.2, -0.15) is 0 Å². The zero-order valence-corrected chi connectivity index (χ0v) is 8.83. The maximum atomic E-state index is 11.3. The molecule has 0 fully saturated rings. The first-order valence-corrected chi connectivity index (χ1v) is 4.28. The molecule has 0 unspecified atom stereocenters. The lowest BCUT2D eigenvalue weighted by Crippen LogP contribution is -1.96. The molecule has 0 atom stereocenters. The van der Waals surface area contributed by atoms with E-state index in [1.165, 1.54) is 33.3 Å². The van der Waals surface area contributed by atoms with Gasteiger partial charge in [0.25, 0.3) is 0 Å². The highest BCUT2D eigenvalue weighted by atomic mass is 16.5. The molecular weight excluding hydrogens is 194 g/mol. The molecule has 0 saturated carbocycles. The average Bonchev–Trinajstić information content (AvgIpc) is 2.26. The van der Waals surface area contributed by atoms with E-state index in [1.54, 1.807) is 0 Å². The summed E-state index contributed by atoms with van der Waals surface area (Å²) in [6.07, 6.45) is 0. The first kappa shape index (κ1) is 11.1. The van der Waals surface area contributed by atoms with Crippen molar-refractivity contribution in [1.82, 2.24) is 0 Å². The summed E-state index contributed by atoms with van der Waals surface area (Å²) in [5.74, 6) is 0.741. The van der Waals surface area contributed by atoms with Crippen molar-refractivity contribution in [2.45, 2.75) is 6.92 Å². The molecule has 0 radical (unpaired) electrons. The molecule has 0 bridgehead atoms. The van der Waals surface area contributed by atoms with Gasteiger partial charge in [-0.1, -0.05) is 0 Å². The number of carbonyl (C=O) groups is 1. The highest BCUT2D eigenvalue weighted by molar-refractivity contribution is 6.00. The molecule has 4 nitrogen and oxygen atoms in total. The number of ketones is 1. The van der Waals surface area contributed by atoms with Gasteiger partial charge in [0.05, 0.1) is 20.8 Å². The summed E-state index contributed by atoms with van der Waals surface area (Å²) in [5, 5.41) is 0. The Labute approximate surface area is 88.2 Å². The Balaban J connectivity index is 3.42. The second-order valence-electron chi connectivity index (χ2n) is 2.89. The molecule has 1 rings (SSSR count). The fourth-order valence-electron chi connectivity index (χ4n) is 1.24. The minimum absolute atomic E-state index is 0.165. The fourth-order valence-corrected chi connectivity index (χ4v) is 1.24. The van der Waals surface area contributed by atoms with Crippen LogP contribution in [0, 0.1) is 6.57 Å². The molecule has 4 heteroatoms.